The van der Waals surface area contributed by atoms with E-state index in [0.717, 1.165) is 26.8 Å². The van der Waals surface area contributed by atoms with Crippen LogP contribution in [-0.2, 0) is 20.6 Å². The molecule has 1 amide bonds. The molecular weight excluding hydrogens is 483 g/mol. The number of amides is 1. The second kappa shape index (κ2) is 11.5. The molecule has 3 rings (SSSR count). The van der Waals surface area contributed by atoms with E-state index in [9.17, 15) is 17.6 Å². The summed E-state index contributed by atoms with van der Waals surface area (Å²) < 4.78 is 39.4. The average Bonchev–Trinajstić information content (AvgIpc) is 2.77. The summed E-state index contributed by atoms with van der Waals surface area (Å²) in [6.07, 6.45) is 1.36. The normalized spacial score (nSPS) is 11.2. The fourth-order valence-corrected chi connectivity index (χ4v) is 5.21. The van der Waals surface area contributed by atoms with Crippen LogP contribution in [0.15, 0.2) is 77.7 Å². The highest BCUT2D eigenvalue weighted by Crippen LogP contribution is 2.30. The molecule has 0 saturated heterocycles. The second-order valence-electron chi connectivity index (χ2n) is 7.35. The van der Waals surface area contributed by atoms with Gasteiger partial charge >= 0.3 is 0 Å². The van der Waals surface area contributed by atoms with E-state index in [2.05, 4.69) is 5.32 Å². The van der Waals surface area contributed by atoms with Gasteiger partial charge in [0.2, 0.25) is 15.9 Å². The molecule has 9 heteroatoms. The molecule has 0 aliphatic rings. The van der Waals surface area contributed by atoms with Crippen LogP contribution in [-0.4, -0.2) is 27.1 Å². The number of halogens is 2. The Bertz CT molecular complexity index is 1200. The molecule has 0 atom stereocenters. The van der Waals surface area contributed by atoms with Gasteiger partial charge in [0.15, 0.2) is 0 Å². The first-order valence-corrected chi connectivity index (χ1v) is 13.4. The first-order valence-electron chi connectivity index (χ1n) is 10.2. The number of hydrogen-bond acceptors (Lipinski definition) is 4. The third-order valence-corrected chi connectivity index (χ3v) is 7.33. The van der Waals surface area contributed by atoms with E-state index in [0.29, 0.717) is 10.7 Å². The summed E-state index contributed by atoms with van der Waals surface area (Å²) in [4.78, 5) is 13.5. The van der Waals surface area contributed by atoms with Gasteiger partial charge in [-0.1, -0.05) is 48.0 Å². The minimum absolute atomic E-state index is 0.000149. The molecule has 5 nitrogen and oxygen atoms in total. The van der Waals surface area contributed by atoms with Crippen molar-refractivity contribution in [1.82, 2.24) is 0 Å². The number of nitrogens with zero attached hydrogens (tertiary/aromatic N) is 1. The molecule has 0 bridgehead atoms. The van der Waals surface area contributed by atoms with Crippen LogP contribution in [0.5, 0.6) is 0 Å². The van der Waals surface area contributed by atoms with Crippen LogP contribution in [0.3, 0.4) is 0 Å². The number of carbonyl (C=O) groups is 1. The lowest BCUT2D eigenvalue weighted by Gasteiger charge is -2.22. The van der Waals surface area contributed by atoms with Gasteiger partial charge in [0.1, 0.15) is 5.82 Å². The zero-order valence-electron chi connectivity index (χ0n) is 18.0. The number of anilines is 2. The Labute approximate surface area is 203 Å². The highest BCUT2D eigenvalue weighted by atomic mass is 35.5. The Morgan fingerprint density at radius 1 is 1.03 bits per heavy atom. The standard InChI is InChI=1S/C24H24ClFN2O3S2/c1-33(30,31)28(22-9-4-2-7-20(22)26)16-6-11-24(29)27-21-8-3-5-10-23(21)32-17-18-12-14-19(25)15-13-18/h2-5,7-10,12-15H,6,11,16-17H2,1H3,(H,27,29). The molecule has 0 unspecified atom stereocenters. The molecule has 174 valence electrons. The number of benzene rings is 3. The van der Waals surface area contributed by atoms with Crippen LogP contribution >= 0.6 is 23.4 Å². The smallest absolute Gasteiger partial charge is 0.232 e. The Hall–Kier alpha value is -2.55. The second-order valence-corrected chi connectivity index (χ2v) is 10.7. The van der Waals surface area contributed by atoms with Crippen molar-refractivity contribution in [3.05, 3.63) is 89.2 Å². The monoisotopic (exact) mass is 506 g/mol. The predicted molar refractivity (Wildman–Crippen MR) is 134 cm³/mol. The molecule has 0 fully saturated rings. The van der Waals surface area contributed by atoms with E-state index < -0.39 is 15.8 Å². The lowest BCUT2D eigenvalue weighted by atomic mass is 10.2. The highest BCUT2D eigenvalue weighted by molar-refractivity contribution is 7.98. The largest absolute Gasteiger partial charge is 0.325 e. The van der Waals surface area contributed by atoms with Crippen LogP contribution in [0, 0.1) is 5.82 Å². The maximum atomic E-state index is 14.1. The number of carbonyl (C=O) groups excluding carboxylic acids is 1. The van der Waals surface area contributed by atoms with Crippen LogP contribution < -0.4 is 9.62 Å². The van der Waals surface area contributed by atoms with Crippen LogP contribution in [0.1, 0.15) is 18.4 Å². The molecular formula is C24H24ClFN2O3S2. The topological polar surface area (TPSA) is 66.5 Å². The van der Waals surface area contributed by atoms with Crippen molar-refractivity contribution in [2.24, 2.45) is 0 Å². The Balaban J connectivity index is 1.58. The van der Waals surface area contributed by atoms with Crippen LogP contribution in [0.4, 0.5) is 15.8 Å². The van der Waals surface area contributed by atoms with Crippen molar-refractivity contribution in [1.29, 1.82) is 0 Å². The lowest BCUT2D eigenvalue weighted by molar-refractivity contribution is -0.116. The summed E-state index contributed by atoms with van der Waals surface area (Å²) in [5, 5.41) is 3.58. The fourth-order valence-electron chi connectivity index (χ4n) is 3.15. The molecule has 3 aromatic carbocycles. The third-order valence-electron chi connectivity index (χ3n) is 4.76. The van der Waals surface area contributed by atoms with Crippen molar-refractivity contribution >= 4 is 50.7 Å². The van der Waals surface area contributed by atoms with Gasteiger partial charge in [-0.3, -0.25) is 9.10 Å². The molecule has 0 aromatic heterocycles. The summed E-state index contributed by atoms with van der Waals surface area (Å²) >= 11 is 7.52. The summed E-state index contributed by atoms with van der Waals surface area (Å²) in [6, 6.07) is 20.8. The number of rotatable bonds is 10. The number of hydrogen-bond donors (Lipinski definition) is 1. The zero-order chi connectivity index (χ0) is 23.8. The molecule has 0 heterocycles. The van der Waals surface area contributed by atoms with Gasteiger partial charge in [-0.25, -0.2) is 12.8 Å². The van der Waals surface area contributed by atoms with E-state index in [1.54, 1.807) is 17.8 Å². The number of nitrogens with one attached hydrogen (secondary N) is 1. The maximum Gasteiger partial charge on any atom is 0.232 e. The first-order chi connectivity index (χ1) is 15.7. The number of thioether (sulfide) groups is 1. The summed E-state index contributed by atoms with van der Waals surface area (Å²) in [6.45, 7) is 0.000149. The van der Waals surface area contributed by atoms with Crippen molar-refractivity contribution in [3.8, 4) is 0 Å². The van der Waals surface area contributed by atoms with Gasteiger partial charge in [-0.2, -0.15) is 0 Å². The quantitative estimate of drug-likeness (QED) is 0.345. The van der Waals surface area contributed by atoms with E-state index in [4.69, 9.17) is 11.6 Å². The highest BCUT2D eigenvalue weighted by Gasteiger charge is 2.20. The molecule has 0 saturated carbocycles. The Kier molecular flexibility index (Phi) is 8.77. The summed E-state index contributed by atoms with van der Waals surface area (Å²) in [5.41, 5.74) is 1.78. The van der Waals surface area contributed by atoms with Gasteiger partial charge in [-0.15, -0.1) is 11.8 Å². The Morgan fingerprint density at radius 2 is 1.70 bits per heavy atom. The van der Waals surface area contributed by atoms with Crippen molar-refractivity contribution in [2.45, 2.75) is 23.5 Å². The SMILES string of the molecule is CS(=O)(=O)N(CCCC(=O)Nc1ccccc1SCc1ccc(Cl)cc1)c1ccccc1F. The first kappa shape index (κ1) is 25.1. The van der Waals surface area contributed by atoms with E-state index in [1.807, 2.05) is 48.5 Å². The summed E-state index contributed by atoms with van der Waals surface area (Å²) in [7, 11) is -3.69. The van der Waals surface area contributed by atoms with E-state index >= 15 is 0 Å². The van der Waals surface area contributed by atoms with Gasteiger partial charge in [0.25, 0.3) is 0 Å². The van der Waals surface area contributed by atoms with Gasteiger partial charge in [0, 0.05) is 28.6 Å². The van der Waals surface area contributed by atoms with Gasteiger partial charge in [-0.05, 0) is 48.4 Å². The van der Waals surface area contributed by atoms with E-state index in [-0.39, 0.29) is 31.0 Å². The molecule has 3 aromatic rings. The molecule has 0 aliphatic carbocycles. The maximum absolute atomic E-state index is 14.1. The molecule has 0 radical (unpaired) electrons. The van der Waals surface area contributed by atoms with Gasteiger partial charge in [0.05, 0.1) is 17.6 Å². The van der Waals surface area contributed by atoms with E-state index in [1.165, 1.54) is 18.2 Å². The number of para-hydroxylation sites is 2. The van der Waals surface area contributed by atoms with Crippen molar-refractivity contribution in [2.75, 3.05) is 22.4 Å². The minimum atomic E-state index is -3.69. The minimum Gasteiger partial charge on any atom is -0.325 e. The lowest BCUT2D eigenvalue weighted by Crippen LogP contribution is -2.32. The average molecular weight is 507 g/mol. The predicted octanol–water partition coefficient (Wildman–Crippen LogP) is 5.96. The van der Waals surface area contributed by atoms with Gasteiger partial charge < -0.3 is 5.32 Å². The van der Waals surface area contributed by atoms with Crippen molar-refractivity contribution in [3.63, 3.8) is 0 Å². The molecule has 33 heavy (non-hydrogen) atoms. The number of sulfonamides is 1. The zero-order valence-corrected chi connectivity index (χ0v) is 20.4. The summed E-state index contributed by atoms with van der Waals surface area (Å²) in [5.74, 6) is -0.147. The third kappa shape index (κ3) is 7.48. The van der Waals surface area contributed by atoms with Crippen molar-refractivity contribution < 1.29 is 17.6 Å². The van der Waals surface area contributed by atoms with Crippen LogP contribution in [0.25, 0.3) is 0 Å². The van der Waals surface area contributed by atoms with Crippen LogP contribution in [0.2, 0.25) is 5.02 Å². The molecule has 0 aliphatic heterocycles. The molecule has 1 N–H and O–H groups in total. The molecule has 0 spiro atoms. The Morgan fingerprint density at radius 3 is 2.39 bits per heavy atom. The fraction of sp³-hybridized carbons (Fsp3) is 0.208.